The number of nitrogens with zero attached hydrogens (tertiary/aromatic N) is 2. The van der Waals surface area contributed by atoms with E-state index in [9.17, 15) is 9.59 Å². The number of ketones is 2. The number of aromatic nitrogens is 2. The van der Waals surface area contributed by atoms with Gasteiger partial charge < -0.3 is 9.47 Å². The SMILES string of the molecule is COc1ccc2cc(/C=C/C(=O)c3ccccn3)ccc2c1.COc1ccc2cc(/C=C/C(=O)c3ccccn3)ccc2c1. The third kappa shape index (κ3) is 7.69. The fourth-order valence-corrected chi connectivity index (χ4v) is 4.48. The highest BCUT2D eigenvalue weighted by Crippen LogP contribution is 2.23. The average molecular weight is 579 g/mol. The summed E-state index contributed by atoms with van der Waals surface area (Å²) in [4.78, 5) is 32.1. The van der Waals surface area contributed by atoms with Crippen LogP contribution in [0.15, 0.2) is 134 Å². The molecule has 6 heteroatoms. The summed E-state index contributed by atoms with van der Waals surface area (Å²) in [7, 11) is 3.31. The zero-order valence-electron chi connectivity index (χ0n) is 24.4. The van der Waals surface area contributed by atoms with Crippen molar-refractivity contribution in [1.29, 1.82) is 0 Å². The first-order valence-corrected chi connectivity index (χ1v) is 13.9. The smallest absolute Gasteiger partial charge is 0.204 e. The molecular formula is C38H30N2O4. The molecular weight excluding hydrogens is 548 g/mol. The molecule has 0 spiro atoms. The predicted molar refractivity (Wildman–Crippen MR) is 176 cm³/mol. The lowest BCUT2D eigenvalue weighted by Crippen LogP contribution is -1.96. The molecule has 4 aromatic carbocycles. The first kappa shape index (κ1) is 29.6. The van der Waals surface area contributed by atoms with Crippen LogP contribution in [0.4, 0.5) is 0 Å². The number of ether oxygens (including phenoxy) is 2. The minimum Gasteiger partial charge on any atom is -0.497 e. The van der Waals surface area contributed by atoms with Crippen LogP contribution in [0.2, 0.25) is 0 Å². The number of carbonyl (C=O) groups excluding carboxylic acids is 2. The van der Waals surface area contributed by atoms with E-state index in [2.05, 4.69) is 9.97 Å². The molecule has 0 bridgehead atoms. The van der Waals surface area contributed by atoms with E-state index in [0.717, 1.165) is 44.2 Å². The van der Waals surface area contributed by atoms with Gasteiger partial charge in [0.15, 0.2) is 0 Å². The largest absolute Gasteiger partial charge is 0.497 e. The van der Waals surface area contributed by atoms with Crippen molar-refractivity contribution in [3.8, 4) is 11.5 Å². The second-order valence-corrected chi connectivity index (χ2v) is 9.77. The molecule has 0 N–H and O–H groups in total. The predicted octanol–water partition coefficient (Wildman–Crippen LogP) is 8.28. The summed E-state index contributed by atoms with van der Waals surface area (Å²) in [5, 5.41) is 4.42. The van der Waals surface area contributed by atoms with Crippen molar-refractivity contribution >= 4 is 45.3 Å². The summed E-state index contributed by atoms with van der Waals surface area (Å²) in [5.74, 6) is 1.47. The van der Waals surface area contributed by atoms with E-state index >= 15 is 0 Å². The van der Waals surface area contributed by atoms with Crippen molar-refractivity contribution in [2.24, 2.45) is 0 Å². The zero-order valence-corrected chi connectivity index (χ0v) is 24.4. The van der Waals surface area contributed by atoms with E-state index in [1.165, 1.54) is 0 Å². The van der Waals surface area contributed by atoms with E-state index in [1.54, 1.807) is 87.3 Å². The molecule has 6 rings (SSSR count). The summed E-state index contributed by atoms with van der Waals surface area (Å²) in [6, 6.07) is 34.5. The molecule has 0 aliphatic carbocycles. The highest BCUT2D eigenvalue weighted by Gasteiger charge is 2.03. The summed E-state index contributed by atoms with van der Waals surface area (Å²) in [6.45, 7) is 0. The first-order valence-electron chi connectivity index (χ1n) is 13.9. The van der Waals surface area contributed by atoms with E-state index < -0.39 is 0 Å². The molecule has 2 heterocycles. The van der Waals surface area contributed by atoms with Gasteiger partial charge in [-0.05, 0) is 105 Å². The van der Waals surface area contributed by atoms with Crippen molar-refractivity contribution in [3.05, 3.63) is 156 Å². The quantitative estimate of drug-likeness (QED) is 0.134. The second kappa shape index (κ2) is 14.3. The number of methoxy groups -OCH3 is 2. The number of fused-ring (bicyclic) bond motifs is 2. The normalized spacial score (nSPS) is 11.0. The lowest BCUT2D eigenvalue weighted by atomic mass is 10.1. The van der Waals surface area contributed by atoms with E-state index in [1.807, 2.05) is 72.8 Å². The van der Waals surface area contributed by atoms with Crippen LogP contribution in [0.25, 0.3) is 33.7 Å². The monoisotopic (exact) mass is 578 g/mol. The maximum absolute atomic E-state index is 12.0. The number of rotatable bonds is 8. The summed E-state index contributed by atoms with van der Waals surface area (Å²) in [6.07, 6.45) is 9.94. The average Bonchev–Trinajstić information content (AvgIpc) is 3.09. The Bertz CT molecular complexity index is 1820. The number of benzene rings is 4. The molecule has 6 aromatic rings. The van der Waals surface area contributed by atoms with Crippen LogP contribution in [0.3, 0.4) is 0 Å². The van der Waals surface area contributed by atoms with Crippen LogP contribution in [0.1, 0.15) is 32.1 Å². The zero-order chi connectivity index (χ0) is 30.7. The molecule has 2 aromatic heterocycles. The maximum atomic E-state index is 12.0. The highest BCUT2D eigenvalue weighted by molar-refractivity contribution is 6.06. The molecule has 0 amide bonds. The maximum Gasteiger partial charge on any atom is 0.204 e. The van der Waals surface area contributed by atoms with Gasteiger partial charge in [-0.1, -0.05) is 60.7 Å². The van der Waals surface area contributed by atoms with Gasteiger partial charge in [-0.2, -0.15) is 0 Å². The Kier molecular flexibility index (Phi) is 9.65. The molecule has 44 heavy (non-hydrogen) atoms. The molecule has 0 fully saturated rings. The molecule has 216 valence electrons. The number of hydrogen-bond acceptors (Lipinski definition) is 6. The van der Waals surface area contributed by atoms with Crippen molar-refractivity contribution in [2.45, 2.75) is 0 Å². The molecule has 0 aliphatic heterocycles. The van der Waals surface area contributed by atoms with Crippen LogP contribution in [-0.4, -0.2) is 35.8 Å². The molecule has 0 saturated carbocycles. The Morgan fingerprint density at radius 1 is 0.523 bits per heavy atom. The Morgan fingerprint density at radius 2 is 0.932 bits per heavy atom. The van der Waals surface area contributed by atoms with Crippen LogP contribution in [0.5, 0.6) is 11.5 Å². The molecule has 0 saturated heterocycles. The van der Waals surface area contributed by atoms with E-state index in [4.69, 9.17) is 9.47 Å². The van der Waals surface area contributed by atoms with Crippen molar-refractivity contribution in [3.63, 3.8) is 0 Å². The standard InChI is InChI=1S/2C19H15NO2/c2*1-22-17-9-8-15-12-14(5-7-16(15)13-17)6-10-19(21)18-4-2-3-11-20-18/h2*2-13H,1H3/b2*10-6+. The number of carbonyl (C=O) groups is 2. The van der Waals surface area contributed by atoms with Crippen LogP contribution in [0, 0.1) is 0 Å². The molecule has 0 radical (unpaired) electrons. The highest BCUT2D eigenvalue weighted by atomic mass is 16.5. The van der Waals surface area contributed by atoms with Crippen molar-refractivity contribution < 1.29 is 19.1 Å². The van der Waals surface area contributed by atoms with Crippen molar-refractivity contribution in [2.75, 3.05) is 14.2 Å². The van der Waals surface area contributed by atoms with Gasteiger partial charge in [0.05, 0.1) is 14.2 Å². The van der Waals surface area contributed by atoms with Gasteiger partial charge in [-0.25, -0.2) is 0 Å². The van der Waals surface area contributed by atoms with Crippen LogP contribution in [-0.2, 0) is 0 Å². The van der Waals surface area contributed by atoms with Crippen LogP contribution < -0.4 is 9.47 Å². The molecule has 0 unspecified atom stereocenters. The second-order valence-electron chi connectivity index (χ2n) is 9.77. The third-order valence-electron chi connectivity index (χ3n) is 6.83. The van der Waals surface area contributed by atoms with Crippen molar-refractivity contribution in [1.82, 2.24) is 9.97 Å². The Labute approximate surface area is 256 Å². The number of allylic oxidation sites excluding steroid dienone is 2. The van der Waals surface area contributed by atoms with E-state index in [-0.39, 0.29) is 11.6 Å². The minimum absolute atomic E-state index is 0.101. The lowest BCUT2D eigenvalue weighted by molar-refractivity contribution is 0.103. The lowest BCUT2D eigenvalue weighted by Gasteiger charge is -2.03. The number of hydrogen-bond donors (Lipinski definition) is 0. The van der Waals surface area contributed by atoms with Gasteiger partial charge in [0.2, 0.25) is 11.6 Å². The van der Waals surface area contributed by atoms with Gasteiger partial charge in [0, 0.05) is 12.4 Å². The van der Waals surface area contributed by atoms with Gasteiger partial charge in [-0.15, -0.1) is 0 Å². The Morgan fingerprint density at radius 3 is 1.32 bits per heavy atom. The van der Waals surface area contributed by atoms with Crippen LogP contribution >= 0.6 is 0 Å². The summed E-state index contributed by atoms with van der Waals surface area (Å²) < 4.78 is 10.4. The summed E-state index contributed by atoms with van der Waals surface area (Å²) >= 11 is 0. The third-order valence-corrected chi connectivity index (χ3v) is 6.83. The number of pyridine rings is 2. The van der Waals surface area contributed by atoms with E-state index in [0.29, 0.717) is 11.4 Å². The van der Waals surface area contributed by atoms with Gasteiger partial charge >= 0.3 is 0 Å². The minimum atomic E-state index is -0.101. The fraction of sp³-hybridized carbons (Fsp3) is 0.0526. The van der Waals surface area contributed by atoms with Gasteiger partial charge in [-0.3, -0.25) is 19.6 Å². The van der Waals surface area contributed by atoms with Gasteiger partial charge in [0.25, 0.3) is 0 Å². The summed E-state index contributed by atoms with van der Waals surface area (Å²) in [5.41, 5.74) is 2.84. The molecule has 0 aliphatic rings. The fourth-order valence-electron chi connectivity index (χ4n) is 4.48. The topological polar surface area (TPSA) is 78.4 Å². The molecule has 6 nitrogen and oxygen atoms in total. The molecule has 0 atom stereocenters. The Hall–Kier alpha value is -5.88. The first-order chi connectivity index (χ1) is 21.5. The van der Waals surface area contributed by atoms with Gasteiger partial charge in [0.1, 0.15) is 22.9 Å². The Balaban J connectivity index is 0.000000175.